The predicted molar refractivity (Wildman–Crippen MR) is 120 cm³/mol. The second-order valence-corrected chi connectivity index (χ2v) is 8.03. The maximum Gasteiger partial charge on any atom is 0.221 e. The van der Waals surface area contributed by atoms with Gasteiger partial charge in [-0.1, -0.05) is 56.0 Å². The van der Waals surface area contributed by atoms with Gasteiger partial charge in [0.2, 0.25) is 11.0 Å². The first-order valence-corrected chi connectivity index (χ1v) is 11.3. The summed E-state index contributed by atoms with van der Waals surface area (Å²) < 4.78 is 9.75. The Kier molecular flexibility index (Phi) is 10.7. The van der Waals surface area contributed by atoms with Crippen LogP contribution in [0.5, 0.6) is 0 Å². The van der Waals surface area contributed by atoms with E-state index in [1.165, 1.54) is 41.9 Å². The number of carbonyl (C=O) groups excluding carboxylic acids is 1. The number of ether oxygens (including phenoxy) is 1. The third kappa shape index (κ3) is 8.92. The van der Waals surface area contributed by atoms with E-state index in [1.807, 2.05) is 0 Å². The van der Waals surface area contributed by atoms with Gasteiger partial charge in [-0.15, -0.1) is 0 Å². The van der Waals surface area contributed by atoms with Crippen LogP contribution in [0, 0.1) is 6.92 Å². The molecule has 0 fully saturated rings. The fraction of sp³-hybridized carbons (Fsp3) is 0.591. The Balaban J connectivity index is 1.86. The van der Waals surface area contributed by atoms with Gasteiger partial charge in [0.25, 0.3) is 0 Å². The van der Waals surface area contributed by atoms with Gasteiger partial charge >= 0.3 is 0 Å². The van der Waals surface area contributed by atoms with Crippen molar-refractivity contribution in [2.45, 2.75) is 52.4 Å². The van der Waals surface area contributed by atoms with Gasteiger partial charge in [-0.05, 0) is 18.9 Å². The Labute approximate surface area is 178 Å². The molecule has 6 nitrogen and oxygen atoms in total. The zero-order valence-corrected chi connectivity index (χ0v) is 18.8. The highest BCUT2D eigenvalue weighted by molar-refractivity contribution is 7.09. The standard InChI is InChI=1S/C22H34N4O2S/c1-4-5-6-7-13-23-21(27)12-14-26(15-16-28-3)22-24-20(25-29-22)17-19-10-8-18(2)9-11-19/h8-11H,4-7,12-17H2,1-3H3,(H,23,27). The molecular formula is C22H34N4O2S. The molecule has 7 heteroatoms. The average molecular weight is 419 g/mol. The molecule has 1 aromatic heterocycles. The number of nitrogens with one attached hydrogen (secondary N) is 1. The fourth-order valence-corrected chi connectivity index (χ4v) is 3.68. The van der Waals surface area contributed by atoms with Crippen molar-refractivity contribution in [1.29, 1.82) is 0 Å². The molecule has 0 spiro atoms. The first-order valence-electron chi connectivity index (χ1n) is 10.5. The molecule has 0 aliphatic heterocycles. The predicted octanol–water partition coefficient (Wildman–Crippen LogP) is 3.98. The zero-order valence-electron chi connectivity index (χ0n) is 17.9. The molecule has 0 radical (unpaired) electrons. The number of unbranched alkanes of at least 4 members (excludes halogenated alkanes) is 3. The lowest BCUT2D eigenvalue weighted by Gasteiger charge is -2.20. The van der Waals surface area contributed by atoms with Crippen LogP contribution in [0.3, 0.4) is 0 Å². The Hall–Kier alpha value is -1.99. The highest BCUT2D eigenvalue weighted by atomic mass is 32.1. The van der Waals surface area contributed by atoms with Gasteiger partial charge in [-0.3, -0.25) is 4.79 Å². The van der Waals surface area contributed by atoms with Crippen LogP contribution in [-0.2, 0) is 16.0 Å². The number of amides is 1. The molecule has 2 rings (SSSR count). The summed E-state index contributed by atoms with van der Waals surface area (Å²) in [6.07, 6.45) is 5.81. The van der Waals surface area contributed by atoms with Crippen molar-refractivity contribution >= 4 is 22.6 Å². The summed E-state index contributed by atoms with van der Waals surface area (Å²) in [7, 11) is 1.68. The van der Waals surface area contributed by atoms with Gasteiger partial charge in [-0.25, -0.2) is 4.98 Å². The van der Waals surface area contributed by atoms with E-state index in [9.17, 15) is 4.79 Å². The lowest BCUT2D eigenvalue weighted by molar-refractivity contribution is -0.120. The van der Waals surface area contributed by atoms with Crippen molar-refractivity contribution in [1.82, 2.24) is 14.7 Å². The molecule has 1 heterocycles. The molecule has 0 unspecified atom stereocenters. The Morgan fingerprint density at radius 1 is 1.17 bits per heavy atom. The highest BCUT2D eigenvalue weighted by Crippen LogP contribution is 2.19. The number of hydrogen-bond donors (Lipinski definition) is 1. The molecular weight excluding hydrogens is 384 g/mol. The SMILES string of the molecule is CCCCCCNC(=O)CCN(CCOC)c1nc(Cc2ccc(C)cc2)ns1. The van der Waals surface area contributed by atoms with Gasteiger partial charge in [0, 0.05) is 51.1 Å². The molecule has 1 amide bonds. The summed E-state index contributed by atoms with van der Waals surface area (Å²) >= 11 is 1.39. The second-order valence-electron chi connectivity index (χ2n) is 7.30. The smallest absolute Gasteiger partial charge is 0.221 e. The Morgan fingerprint density at radius 3 is 2.69 bits per heavy atom. The van der Waals surface area contributed by atoms with Crippen LogP contribution >= 0.6 is 11.5 Å². The van der Waals surface area contributed by atoms with Gasteiger partial charge in [0.15, 0.2) is 0 Å². The number of nitrogens with zero attached hydrogens (tertiary/aromatic N) is 3. The maximum atomic E-state index is 12.2. The van der Waals surface area contributed by atoms with Crippen LogP contribution in [-0.4, -0.2) is 48.6 Å². The summed E-state index contributed by atoms with van der Waals surface area (Å²) in [5, 5.41) is 3.86. The van der Waals surface area contributed by atoms with E-state index >= 15 is 0 Å². The fourth-order valence-electron chi connectivity index (χ4n) is 2.94. The third-order valence-corrected chi connectivity index (χ3v) is 5.55. The van der Waals surface area contributed by atoms with Gasteiger partial charge in [0.1, 0.15) is 5.82 Å². The van der Waals surface area contributed by atoms with E-state index < -0.39 is 0 Å². The molecule has 0 atom stereocenters. The minimum Gasteiger partial charge on any atom is -0.383 e. The summed E-state index contributed by atoms with van der Waals surface area (Å²) in [5.41, 5.74) is 2.45. The van der Waals surface area contributed by atoms with Crippen molar-refractivity contribution in [2.24, 2.45) is 0 Å². The third-order valence-electron chi connectivity index (χ3n) is 4.74. The van der Waals surface area contributed by atoms with Crippen LogP contribution in [0.15, 0.2) is 24.3 Å². The van der Waals surface area contributed by atoms with Crippen molar-refractivity contribution in [2.75, 3.05) is 38.3 Å². The van der Waals surface area contributed by atoms with E-state index in [1.54, 1.807) is 7.11 Å². The van der Waals surface area contributed by atoms with E-state index in [0.717, 1.165) is 23.9 Å². The van der Waals surface area contributed by atoms with Gasteiger partial charge in [-0.2, -0.15) is 4.37 Å². The van der Waals surface area contributed by atoms with E-state index in [-0.39, 0.29) is 5.91 Å². The molecule has 160 valence electrons. The van der Waals surface area contributed by atoms with E-state index in [2.05, 4.69) is 52.7 Å². The first-order chi connectivity index (χ1) is 14.1. The van der Waals surface area contributed by atoms with Crippen LogP contribution in [0.1, 0.15) is 56.0 Å². The van der Waals surface area contributed by atoms with Crippen LogP contribution in [0.4, 0.5) is 5.13 Å². The summed E-state index contributed by atoms with van der Waals surface area (Å²) in [5.74, 6) is 0.907. The largest absolute Gasteiger partial charge is 0.383 e. The summed E-state index contributed by atoms with van der Waals surface area (Å²) in [4.78, 5) is 19.0. The lowest BCUT2D eigenvalue weighted by Crippen LogP contribution is -2.33. The molecule has 1 N–H and O–H groups in total. The minimum atomic E-state index is 0.0910. The lowest BCUT2D eigenvalue weighted by atomic mass is 10.1. The normalized spacial score (nSPS) is 10.9. The second kappa shape index (κ2) is 13.3. The van der Waals surface area contributed by atoms with Crippen LogP contribution in [0.25, 0.3) is 0 Å². The number of rotatable bonds is 14. The topological polar surface area (TPSA) is 67.4 Å². The van der Waals surface area contributed by atoms with Gasteiger partial charge in [0.05, 0.1) is 6.61 Å². The molecule has 0 saturated heterocycles. The molecule has 2 aromatic rings. The number of hydrogen-bond acceptors (Lipinski definition) is 6. The molecule has 29 heavy (non-hydrogen) atoms. The Morgan fingerprint density at radius 2 is 1.97 bits per heavy atom. The van der Waals surface area contributed by atoms with Gasteiger partial charge < -0.3 is 15.0 Å². The summed E-state index contributed by atoms with van der Waals surface area (Å²) in [6, 6.07) is 8.44. The van der Waals surface area contributed by atoms with Crippen molar-refractivity contribution in [3.8, 4) is 0 Å². The van der Waals surface area contributed by atoms with E-state index in [0.29, 0.717) is 32.5 Å². The monoisotopic (exact) mass is 418 g/mol. The molecule has 0 aliphatic carbocycles. The summed E-state index contributed by atoms with van der Waals surface area (Å²) in [6.45, 7) is 6.93. The van der Waals surface area contributed by atoms with Crippen molar-refractivity contribution in [3.05, 3.63) is 41.2 Å². The quantitative estimate of drug-likeness (QED) is 0.470. The average Bonchev–Trinajstić information content (AvgIpc) is 3.18. The number of carbonyl (C=O) groups is 1. The number of aromatic nitrogens is 2. The maximum absolute atomic E-state index is 12.2. The molecule has 0 aliphatic rings. The number of methoxy groups -OCH3 is 1. The molecule has 1 aromatic carbocycles. The minimum absolute atomic E-state index is 0.0910. The molecule has 0 saturated carbocycles. The first kappa shape index (κ1) is 23.3. The van der Waals surface area contributed by atoms with Crippen molar-refractivity contribution < 1.29 is 9.53 Å². The number of anilines is 1. The van der Waals surface area contributed by atoms with Crippen molar-refractivity contribution in [3.63, 3.8) is 0 Å². The number of benzene rings is 1. The number of aryl methyl sites for hydroxylation is 1. The van der Waals surface area contributed by atoms with Crippen LogP contribution < -0.4 is 10.2 Å². The zero-order chi connectivity index (χ0) is 20.9. The molecule has 0 bridgehead atoms. The Bertz CT molecular complexity index is 718. The van der Waals surface area contributed by atoms with Crippen LogP contribution in [0.2, 0.25) is 0 Å². The van der Waals surface area contributed by atoms with E-state index in [4.69, 9.17) is 9.72 Å². The highest BCUT2D eigenvalue weighted by Gasteiger charge is 2.14.